The third kappa shape index (κ3) is 5.45. The number of ether oxygens (including phenoxy) is 1. The molecule has 5 heteroatoms. The van der Waals surface area contributed by atoms with E-state index in [4.69, 9.17) is 4.74 Å². The summed E-state index contributed by atoms with van der Waals surface area (Å²) in [4.78, 5) is 19.1. The topological polar surface area (TPSA) is 54.5 Å². The zero-order valence-corrected chi connectivity index (χ0v) is 17.3. The van der Waals surface area contributed by atoms with E-state index in [1.165, 1.54) is 31.5 Å². The average molecular weight is 402 g/mol. The van der Waals surface area contributed by atoms with Crippen molar-refractivity contribution in [3.63, 3.8) is 0 Å². The Bertz CT molecular complexity index is 948. The molecule has 154 valence electrons. The molecular weight excluding hydrogens is 374 g/mol. The number of nitrogens with zero attached hydrogens (tertiary/aromatic N) is 2. The van der Waals surface area contributed by atoms with Crippen molar-refractivity contribution < 1.29 is 9.53 Å². The Kier molecular flexibility index (Phi) is 6.40. The van der Waals surface area contributed by atoms with Gasteiger partial charge in [-0.05, 0) is 85.9 Å². The second kappa shape index (κ2) is 9.55. The predicted octanol–water partition coefficient (Wildman–Crippen LogP) is 5.36. The first kappa shape index (κ1) is 20.1. The van der Waals surface area contributed by atoms with Crippen molar-refractivity contribution in [1.82, 2.24) is 9.88 Å². The molecule has 1 aliphatic heterocycles. The van der Waals surface area contributed by atoms with Crippen molar-refractivity contribution in [3.05, 3.63) is 84.2 Å². The fourth-order valence-corrected chi connectivity index (χ4v) is 3.59. The van der Waals surface area contributed by atoms with E-state index >= 15 is 0 Å². The van der Waals surface area contributed by atoms with Gasteiger partial charge in [-0.2, -0.15) is 0 Å². The van der Waals surface area contributed by atoms with Crippen LogP contribution >= 0.6 is 0 Å². The van der Waals surface area contributed by atoms with Gasteiger partial charge in [0.05, 0.1) is 6.20 Å². The zero-order chi connectivity index (χ0) is 20.8. The summed E-state index contributed by atoms with van der Waals surface area (Å²) < 4.78 is 5.71. The van der Waals surface area contributed by atoms with E-state index in [0.29, 0.717) is 17.1 Å². The van der Waals surface area contributed by atoms with E-state index in [2.05, 4.69) is 34.3 Å². The van der Waals surface area contributed by atoms with Crippen LogP contribution in [0.25, 0.3) is 0 Å². The molecule has 1 aliphatic rings. The highest BCUT2D eigenvalue weighted by Gasteiger charge is 2.15. The van der Waals surface area contributed by atoms with E-state index in [9.17, 15) is 4.79 Å². The second-order valence-corrected chi connectivity index (χ2v) is 7.92. The lowest BCUT2D eigenvalue weighted by Crippen LogP contribution is -2.32. The molecule has 1 amide bonds. The number of nitrogens with one attached hydrogen (secondary N) is 1. The highest BCUT2D eigenvalue weighted by Crippen LogP contribution is 2.22. The third-order valence-corrected chi connectivity index (χ3v) is 5.48. The van der Waals surface area contributed by atoms with Crippen molar-refractivity contribution in [2.24, 2.45) is 5.92 Å². The summed E-state index contributed by atoms with van der Waals surface area (Å²) in [5.41, 5.74) is 2.66. The van der Waals surface area contributed by atoms with Gasteiger partial charge in [0.1, 0.15) is 11.5 Å². The summed E-state index contributed by atoms with van der Waals surface area (Å²) in [7, 11) is 0. The molecule has 4 rings (SSSR count). The van der Waals surface area contributed by atoms with Crippen LogP contribution < -0.4 is 10.1 Å². The van der Waals surface area contributed by atoms with Crippen LogP contribution in [-0.2, 0) is 6.54 Å². The van der Waals surface area contributed by atoms with Gasteiger partial charge in [0.2, 0.25) is 0 Å². The Morgan fingerprint density at radius 1 is 1.03 bits per heavy atom. The quantitative estimate of drug-likeness (QED) is 0.604. The minimum atomic E-state index is -0.138. The first-order chi connectivity index (χ1) is 14.7. The summed E-state index contributed by atoms with van der Waals surface area (Å²) in [6.07, 6.45) is 5.90. The largest absolute Gasteiger partial charge is 0.456 e. The fourth-order valence-electron chi connectivity index (χ4n) is 3.59. The van der Waals surface area contributed by atoms with Gasteiger partial charge < -0.3 is 10.1 Å². The van der Waals surface area contributed by atoms with Crippen molar-refractivity contribution in [2.75, 3.05) is 18.4 Å². The smallest absolute Gasteiger partial charge is 0.255 e. The molecule has 2 aromatic carbocycles. The number of aromatic nitrogens is 1. The summed E-state index contributed by atoms with van der Waals surface area (Å²) in [5.74, 6) is 2.03. The molecule has 2 heterocycles. The van der Waals surface area contributed by atoms with Crippen molar-refractivity contribution >= 4 is 11.6 Å². The Morgan fingerprint density at radius 2 is 1.77 bits per heavy atom. The first-order valence-electron chi connectivity index (χ1n) is 10.5. The number of anilines is 1. The highest BCUT2D eigenvalue weighted by molar-refractivity contribution is 6.04. The number of piperidine rings is 1. The van der Waals surface area contributed by atoms with Crippen molar-refractivity contribution in [1.29, 1.82) is 0 Å². The van der Waals surface area contributed by atoms with Crippen LogP contribution in [0, 0.1) is 5.92 Å². The predicted molar refractivity (Wildman–Crippen MR) is 119 cm³/mol. The molecule has 5 nitrogen and oxygen atoms in total. The number of carbonyl (C=O) groups is 1. The van der Waals surface area contributed by atoms with Crippen LogP contribution in [0.1, 0.15) is 35.7 Å². The Morgan fingerprint density at radius 3 is 2.43 bits per heavy atom. The second-order valence-electron chi connectivity index (χ2n) is 7.92. The molecule has 1 N–H and O–H groups in total. The number of amides is 1. The van der Waals surface area contributed by atoms with Crippen LogP contribution in [0.3, 0.4) is 0 Å². The van der Waals surface area contributed by atoms with Gasteiger partial charge in [-0.25, -0.2) is 0 Å². The Labute approximate surface area is 177 Å². The standard InChI is InChI=1S/C25H27N3O2/c1-19-12-15-28(16-13-19)18-20-4-8-22(9-5-20)27-25(29)21-6-10-23(11-7-21)30-24-3-2-14-26-17-24/h2-11,14,17,19H,12-13,15-16,18H2,1H3,(H,27,29). The van der Waals surface area contributed by atoms with Gasteiger partial charge in [-0.1, -0.05) is 19.1 Å². The van der Waals surface area contributed by atoms with E-state index in [0.717, 1.165) is 18.2 Å². The van der Waals surface area contributed by atoms with Crippen LogP contribution in [0.2, 0.25) is 0 Å². The number of hydrogen-bond donors (Lipinski definition) is 1. The normalized spacial score (nSPS) is 15.0. The maximum absolute atomic E-state index is 12.5. The number of carbonyl (C=O) groups excluding carboxylic acids is 1. The minimum Gasteiger partial charge on any atom is -0.456 e. The molecule has 0 radical (unpaired) electrons. The van der Waals surface area contributed by atoms with Gasteiger partial charge in [0.25, 0.3) is 5.91 Å². The maximum atomic E-state index is 12.5. The first-order valence-corrected chi connectivity index (χ1v) is 10.5. The SMILES string of the molecule is CC1CCN(Cc2ccc(NC(=O)c3ccc(Oc4cccnc4)cc3)cc2)CC1. The molecule has 1 aromatic heterocycles. The molecule has 1 saturated heterocycles. The lowest BCUT2D eigenvalue weighted by molar-refractivity contribution is 0.102. The maximum Gasteiger partial charge on any atom is 0.255 e. The molecule has 0 unspecified atom stereocenters. The Hall–Kier alpha value is -3.18. The average Bonchev–Trinajstić information content (AvgIpc) is 2.78. The summed E-state index contributed by atoms with van der Waals surface area (Å²) in [6.45, 7) is 5.63. The van der Waals surface area contributed by atoms with E-state index in [-0.39, 0.29) is 5.91 Å². The van der Waals surface area contributed by atoms with Gasteiger partial charge in [0, 0.05) is 24.0 Å². The number of benzene rings is 2. The lowest BCUT2D eigenvalue weighted by atomic mass is 9.99. The monoisotopic (exact) mass is 401 g/mol. The van der Waals surface area contributed by atoms with Crippen molar-refractivity contribution in [3.8, 4) is 11.5 Å². The molecule has 3 aromatic rings. The zero-order valence-electron chi connectivity index (χ0n) is 17.3. The van der Waals surface area contributed by atoms with Gasteiger partial charge >= 0.3 is 0 Å². The number of pyridine rings is 1. The molecular formula is C25H27N3O2. The number of hydrogen-bond acceptors (Lipinski definition) is 4. The summed E-state index contributed by atoms with van der Waals surface area (Å²) >= 11 is 0. The van der Waals surface area contributed by atoms with E-state index in [1.54, 1.807) is 36.7 Å². The van der Waals surface area contributed by atoms with Crippen LogP contribution in [0.15, 0.2) is 73.1 Å². The molecule has 0 atom stereocenters. The van der Waals surface area contributed by atoms with Crippen molar-refractivity contribution in [2.45, 2.75) is 26.3 Å². The number of likely N-dealkylation sites (tertiary alicyclic amines) is 1. The molecule has 30 heavy (non-hydrogen) atoms. The molecule has 0 spiro atoms. The highest BCUT2D eigenvalue weighted by atomic mass is 16.5. The van der Waals surface area contributed by atoms with Crippen LogP contribution in [0.4, 0.5) is 5.69 Å². The van der Waals surface area contributed by atoms with Gasteiger partial charge in [-0.3, -0.25) is 14.7 Å². The van der Waals surface area contributed by atoms with Crippen LogP contribution in [-0.4, -0.2) is 28.9 Å². The van der Waals surface area contributed by atoms with E-state index < -0.39 is 0 Å². The fraction of sp³-hybridized carbons (Fsp3) is 0.280. The molecule has 0 aliphatic carbocycles. The van der Waals surface area contributed by atoms with Gasteiger partial charge in [0.15, 0.2) is 0 Å². The summed E-state index contributed by atoms with van der Waals surface area (Å²) in [5, 5.41) is 2.96. The van der Waals surface area contributed by atoms with Crippen LogP contribution in [0.5, 0.6) is 11.5 Å². The molecule has 0 bridgehead atoms. The van der Waals surface area contributed by atoms with E-state index in [1.807, 2.05) is 24.3 Å². The Balaban J connectivity index is 1.31. The lowest BCUT2D eigenvalue weighted by Gasteiger charge is -2.30. The third-order valence-electron chi connectivity index (χ3n) is 5.48. The molecule has 0 saturated carbocycles. The summed E-state index contributed by atoms with van der Waals surface area (Å²) in [6, 6.07) is 18.9. The number of rotatable bonds is 6. The molecule has 1 fully saturated rings. The minimum absolute atomic E-state index is 0.138. The van der Waals surface area contributed by atoms with Gasteiger partial charge in [-0.15, -0.1) is 0 Å².